The van der Waals surface area contributed by atoms with Crippen LogP contribution in [0.2, 0.25) is 0 Å². The van der Waals surface area contributed by atoms with Gasteiger partial charge in [0, 0.05) is 12.0 Å². The summed E-state index contributed by atoms with van der Waals surface area (Å²) in [5.41, 5.74) is 3.31. The Morgan fingerprint density at radius 2 is 2.14 bits per heavy atom. The number of carbonyl (C=O) groups is 1. The van der Waals surface area contributed by atoms with Crippen molar-refractivity contribution in [2.24, 2.45) is 10.7 Å². The maximum atomic E-state index is 14.4. The van der Waals surface area contributed by atoms with Crippen molar-refractivity contribution >= 4 is 11.6 Å². The van der Waals surface area contributed by atoms with Gasteiger partial charge in [-0.3, -0.25) is 9.79 Å². The van der Waals surface area contributed by atoms with Crippen LogP contribution in [0.1, 0.15) is 28.5 Å². The third-order valence-corrected chi connectivity index (χ3v) is 4.34. The zero-order valence-corrected chi connectivity index (χ0v) is 15.6. The second kappa shape index (κ2) is 8.56. The summed E-state index contributed by atoms with van der Waals surface area (Å²) < 4.78 is 52.4. The molecule has 7 nitrogen and oxygen atoms in total. The molecule has 10 heteroatoms. The first kappa shape index (κ1) is 20.7. The lowest BCUT2D eigenvalue weighted by molar-refractivity contribution is -0.0146. The lowest BCUT2D eigenvalue weighted by atomic mass is 9.88. The molecule has 0 saturated heterocycles. The average molecular weight is 408 g/mol. The monoisotopic (exact) mass is 408 g/mol. The van der Waals surface area contributed by atoms with E-state index in [1.807, 2.05) is 0 Å². The largest absolute Gasteiger partial charge is 0.477 e. The van der Waals surface area contributed by atoms with E-state index in [1.165, 1.54) is 24.5 Å². The predicted octanol–water partition coefficient (Wildman–Crippen LogP) is 2.29. The van der Waals surface area contributed by atoms with Crippen LogP contribution in [0.25, 0.3) is 0 Å². The molecular formula is C19H19F3N4O3. The Labute approximate surface area is 164 Å². The highest BCUT2D eigenvalue weighted by Crippen LogP contribution is 2.37. The number of hydrogen-bond donors (Lipinski definition) is 1. The first-order chi connectivity index (χ1) is 13.9. The normalized spacial score (nSPS) is 19.1. The number of nitrogens with two attached hydrogens (primary N) is 1. The molecule has 29 heavy (non-hydrogen) atoms. The quantitative estimate of drug-likeness (QED) is 0.706. The van der Waals surface area contributed by atoms with Crippen LogP contribution >= 0.6 is 0 Å². The van der Waals surface area contributed by atoms with Crippen molar-refractivity contribution in [1.29, 1.82) is 0 Å². The third kappa shape index (κ3) is 4.37. The highest BCUT2D eigenvalue weighted by molar-refractivity contribution is 5.95. The fourth-order valence-corrected chi connectivity index (χ4v) is 2.97. The summed E-state index contributed by atoms with van der Waals surface area (Å²) in [6.45, 7) is 1.56. The number of amidine groups is 1. The molecule has 1 aromatic heterocycles. The number of aromatic nitrogens is 2. The van der Waals surface area contributed by atoms with E-state index in [1.54, 1.807) is 6.92 Å². The second-order valence-corrected chi connectivity index (χ2v) is 6.41. The van der Waals surface area contributed by atoms with Crippen LogP contribution in [0.3, 0.4) is 0 Å². The minimum absolute atomic E-state index is 0.0752. The van der Waals surface area contributed by atoms with Crippen molar-refractivity contribution in [2.75, 3.05) is 19.8 Å². The molecule has 154 valence electrons. The summed E-state index contributed by atoms with van der Waals surface area (Å²) in [5.74, 6) is -1.17. The van der Waals surface area contributed by atoms with Crippen LogP contribution in [0, 0.1) is 5.82 Å². The molecular weight excluding hydrogens is 389 g/mol. The number of alkyl halides is 2. The molecule has 0 aliphatic carbocycles. The van der Waals surface area contributed by atoms with E-state index < -0.39 is 30.2 Å². The molecule has 2 aromatic rings. The summed E-state index contributed by atoms with van der Waals surface area (Å²) in [5, 5.41) is 0. The molecule has 1 aliphatic heterocycles. The number of hydrogen-bond acceptors (Lipinski definition) is 7. The zero-order valence-electron chi connectivity index (χ0n) is 15.6. The molecule has 2 heterocycles. The molecule has 1 atom stereocenters. The first-order valence-electron chi connectivity index (χ1n) is 8.82. The Morgan fingerprint density at radius 3 is 2.76 bits per heavy atom. The molecule has 0 spiro atoms. The van der Waals surface area contributed by atoms with Crippen molar-refractivity contribution in [1.82, 2.24) is 9.97 Å². The third-order valence-electron chi connectivity index (χ3n) is 4.34. The fourth-order valence-electron chi connectivity index (χ4n) is 2.97. The van der Waals surface area contributed by atoms with Crippen molar-refractivity contribution in [3.05, 3.63) is 53.2 Å². The lowest BCUT2D eigenvalue weighted by Crippen LogP contribution is -2.45. The Bertz CT molecular complexity index is 921. The predicted molar refractivity (Wildman–Crippen MR) is 97.8 cm³/mol. The molecule has 0 radical (unpaired) electrons. The minimum Gasteiger partial charge on any atom is -0.477 e. The Kier molecular flexibility index (Phi) is 6.12. The van der Waals surface area contributed by atoms with Crippen LogP contribution in [0.15, 0.2) is 35.6 Å². The molecule has 0 amide bonds. The number of rotatable bonds is 7. The van der Waals surface area contributed by atoms with Crippen LogP contribution in [0.4, 0.5) is 13.2 Å². The molecule has 0 unspecified atom stereocenters. The maximum absolute atomic E-state index is 14.4. The zero-order chi connectivity index (χ0) is 21.0. The van der Waals surface area contributed by atoms with Crippen molar-refractivity contribution in [3.8, 4) is 5.88 Å². The molecule has 2 N–H and O–H groups in total. The highest BCUT2D eigenvalue weighted by Gasteiger charge is 2.46. The van der Waals surface area contributed by atoms with Gasteiger partial charge in [-0.15, -0.1) is 0 Å². The van der Waals surface area contributed by atoms with E-state index >= 15 is 0 Å². The summed E-state index contributed by atoms with van der Waals surface area (Å²) in [6, 6.07) is 3.55. The average Bonchev–Trinajstić information content (AvgIpc) is 2.70. The minimum atomic E-state index is -3.06. The van der Waals surface area contributed by atoms with Gasteiger partial charge < -0.3 is 15.2 Å². The van der Waals surface area contributed by atoms with E-state index in [-0.39, 0.29) is 36.0 Å². The lowest BCUT2D eigenvalue weighted by Gasteiger charge is -2.33. The summed E-state index contributed by atoms with van der Waals surface area (Å²) >= 11 is 0. The number of nitrogens with zero attached hydrogens (tertiary/aromatic N) is 3. The molecule has 0 bridgehead atoms. The number of halogens is 3. The van der Waals surface area contributed by atoms with Gasteiger partial charge in [0.25, 0.3) is 6.43 Å². The van der Waals surface area contributed by atoms with Crippen LogP contribution in [-0.2, 0) is 16.7 Å². The van der Waals surface area contributed by atoms with Crippen molar-refractivity contribution in [3.63, 3.8) is 0 Å². The number of ether oxygens (including phenoxy) is 2. The number of Topliss-reactive ketones (excluding diaryl/α,β-unsaturated/α-hetero) is 1. The smallest absolute Gasteiger partial charge is 0.269 e. The van der Waals surface area contributed by atoms with Crippen LogP contribution < -0.4 is 10.5 Å². The first-order valence-corrected chi connectivity index (χ1v) is 8.82. The van der Waals surface area contributed by atoms with Gasteiger partial charge in [0.1, 0.15) is 24.0 Å². The SMILES string of the molecule is CCOc1cnc(C(=O)Cc2ccc(F)c([C@]3(C(F)F)COCC(N)=N3)c2)cn1. The summed E-state index contributed by atoms with van der Waals surface area (Å²) in [4.78, 5) is 24.2. The van der Waals surface area contributed by atoms with E-state index in [4.69, 9.17) is 15.2 Å². The van der Waals surface area contributed by atoms with E-state index in [0.29, 0.717) is 12.2 Å². The van der Waals surface area contributed by atoms with Gasteiger partial charge in [-0.25, -0.2) is 23.1 Å². The summed E-state index contributed by atoms with van der Waals surface area (Å²) in [6.07, 6.45) is -0.665. The van der Waals surface area contributed by atoms with Crippen LogP contribution in [-0.4, -0.2) is 47.8 Å². The molecule has 3 rings (SSSR count). The second-order valence-electron chi connectivity index (χ2n) is 6.41. The number of aliphatic imine (C=N–C) groups is 1. The summed E-state index contributed by atoms with van der Waals surface area (Å²) in [7, 11) is 0. The molecule has 1 aliphatic rings. The van der Waals surface area contributed by atoms with Crippen molar-refractivity contribution in [2.45, 2.75) is 25.3 Å². The van der Waals surface area contributed by atoms with Gasteiger partial charge in [0.15, 0.2) is 11.3 Å². The number of carbonyl (C=O) groups excluding carboxylic acids is 1. The Balaban J connectivity index is 1.89. The Morgan fingerprint density at radius 1 is 1.34 bits per heavy atom. The van der Waals surface area contributed by atoms with E-state index in [0.717, 1.165) is 6.07 Å². The van der Waals surface area contributed by atoms with Gasteiger partial charge in [-0.2, -0.15) is 0 Å². The number of benzene rings is 1. The van der Waals surface area contributed by atoms with Gasteiger partial charge >= 0.3 is 0 Å². The fraction of sp³-hybridized carbons (Fsp3) is 0.368. The van der Waals surface area contributed by atoms with Crippen molar-refractivity contribution < 1.29 is 27.4 Å². The maximum Gasteiger partial charge on any atom is 0.269 e. The van der Waals surface area contributed by atoms with Crippen LogP contribution in [0.5, 0.6) is 5.88 Å². The topological polar surface area (TPSA) is 99.7 Å². The standard InChI is InChI=1S/C19H19F3N4O3/c1-2-29-17-8-24-14(7-25-17)15(27)6-11-3-4-13(20)12(5-11)19(18(21)22)10-28-9-16(23)26-19/h3-5,7-8,18H,2,6,9-10H2,1H3,(H2,23,26)/t19-/m0/s1. The number of ketones is 1. The van der Waals surface area contributed by atoms with Gasteiger partial charge in [-0.05, 0) is 24.6 Å². The molecule has 0 fully saturated rings. The van der Waals surface area contributed by atoms with E-state index in [9.17, 15) is 18.0 Å². The van der Waals surface area contributed by atoms with Gasteiger partial charge in [0.05, 0.1) is 25.6 Å². The van der Waals surface area contributed by atoms with Gasteiger partial charge in [-0.1, -0.05) is 6.07 Å². The van der Waals surface area contributed by atoms with E-state index in [2.05, 4.69) is 15.0 Å². The molecule has 1 aromatic carbocycles. The van der Waals surface area contributed by atoms with Gasteiger partial charge in [0.2, 0.25) is 5.88 Å². The molecule has 0 saturated carbocycles. The highest BCUT2D eigenvalue weighted by atomic mass is 19.3. The Hall–Kier alpha value is -3.01.